The molecule has 0 spiro atoms. The average molecular weight is 455 g/mol. The molecule has 0 bridgehead atoms. The molecule has 1 fully saturated rings. The molecule has 0 atom stereocenters. The Morgan fingerprint density at radius 1 is 0.971 bits per heavy atom. The van der Waals surface area contributed by atoms with Crippen LogP contribution in [0.5, 0.6) is 5.75 Å². The molecule has 2 amide bonds. The minimum Gasteiger partial charge on any atom is -0.410 e. The summed E-state index contributed by atoms with van der Waals surface area (Å²) in [5, 5.41) is 7.31. The number of nitrogens with one attached hydrogen (secondary N) is 3. The fourth-order valence-electron chi connectivity index (χ4n) is 3.97. The third kappa shape index (κ3) is 4.73. The normalized spacial score (nSPS) is 12.8. The molecule has 5 rings (SSSR count). The van der Waals surface area contributed by atoms with Gasteiger partial charge >= 0.3 is 6.09 Å². The standard InChI is InChI=1S/C27H26N4O3/c32-26(22-9-4-5-10-25(22)30-20-7-2-1-3-8-20)28-14-13-19-18-29-24-12-11-21(17-23(19)24)34-27(33)31-15-6-16-31/h1-5,7-12,17-18,29-30H,6,13-16H2,(H,28,32). The summed E-state index contributed by atoms with van der Waals surface area (Å²) in [7, 11) is 0. The number of aromatic amines is 1. The van der Waals surface area contributed by atoms with Crippen LogP contribution in [-0.4, -0.2) is 41.5 Å². The van der Waals surface area contributed by atoms with Crippen molar-refractivity contribution in [2.75, 3.05) is 25.0 Å². The van der Waals surface area contributed by atoms with Gasteiger partial charge < -0.3 is 25.3 Å². The van der Waals surface area contributed by atoms with Gasteiger partial charge in [-0.3, -0.25) is 4.79 Å². The van der Waals surface area contributed by atoms with Crippen LogP contribution in [0.25, 0.3) is 10.9 Å². The van der Waals surface area contributed by atoms with E-state index in [0.29, 0.717) is 24.3 Å². The summed E-state index contributed by atoms with van der Waals surface area (Å²) in [6.07, 6.45) is 3.29. The number of benzene rings is 3. The first kappa shape index (κ1) is 21.6. The molecular weight excluding hydrogens is 428 g/mol. The molecule has 1 aromatic heterocycles. The molecule has 172 valence electrons. The van der Waals surface area contributed by atoms with Crippen LogP contribution >= 0.6 is 0 Å². The van der Waals surface area contributed by atoms with Crippen molar-refractivity contribution in [1.29, 1.82) is 0 Å². The highest BCUT2D eigenvalue weighted by atomic mass is 16.6. The van der Waals surface area contributed by atoms with Gasteiger partial charge in [0.15, 0.2) is 0 Å². The predicted octanol–water partition coefficient (Wildman–Crippen LogP) is 5.09. The van der Waals surface area contributed by atoms with Crippen molar-refractivity contribution in [2.45, 2.75) is 12.8 Å². The van der Waals surface area contributed by atoms with Crippen LogP contribution in [0, 0.1) is 0 Å². The van der Waals surface area contributed by atoms with Crippen LogP contribution in [-0.2, 0) is 6.42 Å². The molecule has 0 radical (unpaired) electrons. The molecular formula is C27H26N4O3. The van der Waals surface area contributed by atoms with Gasteiger partial charge in [-0.25, -0.2) is 4.79 Å². The monoisotopic (exact) mass is 454 g/mol. The first-order valence-electron chi connectivity index (χ1n) is 11.4. The SMILES string of the molecule is O=C(NCCc1c[nH]c2ccc(OC(=O)N3CCC3)cc12)c1ccccc1Nc1ccccc1. The van der Waals surface area contributed by atoms with Crippen molar-refractivity contribution in [1.82, 2.24) is 15.2 Å². The van der Waals surface area contributed by atoms with Crippen molar-refractivity contribution >= 4 is 34.3 Å². The molecule has 1 saturated heterocycles. The molecule has 3 aromatic carbocycles. The molecule has 0 aliphatic carbocycles. The van der Waals surface area contributed by atoms with Crippen LogP contribution in [0.4, 0.5) is 16.2 Å². The number of hydrogen-bond donors (Lipinski definition) is 3. The Morgan fingerprint density at radius 3 is 2.56 bits per heavy atom. The molecule has 7 heteroatoms. The largest absolute Gasteiger partial charge is 0.415 e. The number of amides is 2. The smallest absolute Gasteiger partial charge is 0.410 e. The molecule has 3 N–H and O–H groups in total. The number of fused-ring (bicyclic) bond motifs is 1. The van der Waals surface area contributed by atoms with Crippen LogP contribution in [0.15, 0.2) is 79.0 Å². The van der Waals surface area contributed by atoms with E-state index in [4.69, 9.17) is 4.74 Å². The summed E-state index contributed by atoms with van der Waals surface area (Å²) >= 11 is 0. The fraction of sp³-hybridized carbons (Fsp3) is 0.185. The number of anilines is 2. The molecule has 2 heterocycles. The summed E-state index contributed by atoms with van der Waals surface area (Å²) in [4.78, 5) is 30.0. The topological polar surface area (TPSA) is 86.5 Å². The Labute approximate surface area is 197 Å². The highest BCUT2D eigenvalue weighted by Crippen LogP contribution is 2.25. The maximum absolute atomic E-state index is 12.9. The second-order valence-electron chi connectivity index (χ2n) is 8.27. The first-order valence-corrected chi connectivity index (χ1v) is 11.4. The van der Waals surface area contributed by atoms with Gasteiger partial charge in [-0.1, -0.05) is 30.3 Å². The number of para-hydroxylation sites is 2. The lowest BCUT2D eigenvalue weighted by Gasteiger charge is -2.29. The van der Waals surface area contributed by atoms with E-state index in [0.717, 1.165) is 47.4 Å². The van der Waals surface area contributed by atoms with E-state index >= 15 is 0 Å². The average Bonchev–Trinajstić information content (AvgIpc) is 3.21. The number of hydrogen-bond acceptors (Lipinski definition) is 4. The zero-order valence-electron chi connectivity index (χ0n) is 18.7. The highest BCUT2D eigenvalue weighted by Gasteiger charge is 2.22. The molecule has 0 unspecified atom stereocenters. The number of carbonyl (C=O) groups is 2. The Morgan fingerprint density at radius 2 is 1.76 bits per heavy atom. The number of nitrogens with zero attached hydrogens (tertiary/aromatic N) is 1. The molecule has 1 aliphatic heterocycles. The van der Waals surface area contributed by atoms with Crippen molar-refractivity contribution < 1.29 is 14.3 Å². The van der Waals surface area contributed by atoms with E-state index in [9.17, 15) is 9.59 Å². The van der Waals surface area contributed by atoms with Crippen LogP contribution in [0.3, 0.4) is 0 Å². The molecule has 1 aliphatic rings. The third-order valence-electron chi connectivity index (χ3n) is 5.96. The van der Waals surface area contributed by atoms with Crippen LogP contribution in [0.2, 0.25) is 0 Å². The van der Waals surface area contributed by atoms with Crippen LogP contribution in [0.1, 0.15) is 22.3 Å². The zero-order valence-corrected chi connectivity index (χ0v) is 18.7. The van der Waals surface area contributed by atoms with Gasteiger partial charge in [0.25, 0.3) is 5.91 Å². The Balaban J connectivity index is 1.23. The lowest BCUT2D eigenvalue weighted by Crippen LogP contribution is -2.43. The summed E-state index contributed by atoms with van der Waals surface area (Å²) in [5.74, 6) is 0.387. The van der Waals surface area contributed by atoms with Gasteiger partial charge in [0.1, 0.15) is 5.75 Å². The van der Waals surface area contributed by atoms with Gasteiger partial charge in [-0.15, -0.1) is 0 Å². The Hall–Kier alpha value is -4.26. The number of aromatic nitrogens is 1. The predicted molar refractivity (Wildman–Crippen MR) is 133 cm³/mol. The highest BCUT2D eigenvalue weighted by molar-refractivity contribution is 6.00. The molecule has 34 heavy (non-hydrogen) atoms. The summed E-state index contributed by atoms with van der Waals surface area (Å²) in [6.45, 7) is 1.98. The van der Waals surface area contributed by atoms with Crippen molar-refractivity contribution in [3.8, 4) is 5.75 Å². The van der Waals surface area contributed by atoms with Gasteiger partial charge in [-0.05, 0) is 60.9 Å². The number of ether oxygens (including phenoxy) is 1. The minimum absolute atomic E-state index is 0.136. The number of rotatable bonds is 7. The van der Waals surface area contributed by atoms with Crippen molar-refractivity contribution in [3.05, 3.63) is 90.1 Å². The van der Waals surface area contributed by atoms with Crippen LogP contribution < -0.4 is 15.4 Å². The Kier molecular flexibility index (Phi) is 6.16. The number of likely N-dealkylation sites (tertiary alicyclic amines) is 1. The second kappa shape index (κ2) is 9.70. The van der Waals surface area contributed by atoms with E-state index in [1.165, 1.54) is 0 Å². The van der Waals surface area contributed by atoms with Gasteiger partial charge in [0.05, 0.1) is 11.3 Å². The van der Waals surface area contributed by atoms with E-state index < -0.39 is 0 Å². The fourth-order valence-corrected chi connectivity index (χ4v) is 3.97. The van der Waals surface area contributed by atoms with Gasteiger partial charge in [-0.2, -0.15) is 0 Å². The van der Waals surface area contributed by atoms with E-state index in [-0.39, 0.29) is 12.0 Å². The molecule has 0 saturated carbocycles. The van der Waals surface area contributed by atoms with E-state index in [1.807, 2.05) is 72.9 Å². The second-order valence-corrected chi connectivity index (χ2v) is 8.27. The lowest BCUT2D eigenvalue weighted by atomic mass is 10.1. The Bertz CT molecular complexity index is 1310. The van der Waals surface area contributed by atoms with E-state index in [1.54, 1.807) is 11.0 Å². The van der Waals surface area contributed by atoms with Crippen molar-refractivity contribution in [2.24, 2.45) is 0 Å². The summed E-state index contributed by atoms with van der Waals surface area (Å²) < 4.78 is 5.51. The number of H-pyrrole nitrogens is 1. The summed E-state index contributed by atoms with van der Waals surface area (Å²) in [6, 6.07) is 22.8. The summed E-state index contributed by atoms with van der Waals surface area (Å²) in [5.41, 5.74) is 4.28. The number of carbonyl (C=O) groups excluding carboxylic acids is 2. The first-order chi connectivity index (χ1) is 16.7. The van der Waals surface area contributed by atoms with E-state index in [2.05, 4.69) is 15.6 Å². The van der Waals surface area contributed by atoms with Crippen molar-refractivity contribution in [3.63, 3.8) is 0 Å². The maximum atomic E-state index is 12.9. The molecule has 7 nitrogen and oxygen atoms in total. The lowest BCUT2D eigenvalue weighted by molar-refractivity contribution is 0.0955. The minimum atomic E-state index is -0.308. The van der Waals surface area contributed by atoms with Gasteiger partial charge in [0.2, 0.25) is 0 Å². The molecule has 4 aromatic rings. The maximum Gasteiger partial charge on any atom is 0.415 e. The third-order valence-corrected chi connectivity index (χ3v) is 5.96. The van der Waals surface area contributed by atoms with Gasteiger partial charge in [0, 0.05) is 42.4 Å². The quantitative estimate of drug-likeness (QED) is 0.363. The zero-order chi connectivity index (χ0) is 23.3.